The molecule has 2 nitrogen and oxygen atoms in total. The fraction of sp³-hybridized carbons (Fsp3) is 0.0750. The zero-order valence-electron chi connectivity index (χ0n) is 23.6. The Balaban J connectivity index is 1.30. The van der Waals surface area contributed by atoms with E-state index < -0.39 is 0 Å². The van der Waals surface area contributed by atoms with Gasteiger partial charge in [0.15, 0.2) is 5.78 Å². The second-order valence-corrected chi connectivity index (χ2v) is 11.8. The van der Waals surface area contributed by atoms with Crippen LogP contribution < -0.4 is 0 Å². The molecule has 0 saturated carbocycles. The van der Waals surface area contributed by atoms with Gasteiger partial charge in [-0.1, -0.05) is 117 Å². The molecule has 0 fully saturated rings. The number of benzene rings is 6. The van der Waals surface area contributed by atoms with E-state index in [1.54, 1.807) is 0 Å². The molecule has 8 rings (SSSR count). The van der Waals surface area contributed by atoms with Gasteiger partial charge in [0, 0.05) is 33.0 Å². The molecule has 1 heterocycles. The number of hydrogen-bond donors (Lipinski definition) is 0. The Morgan fingerprint density at radius 3 is 2.07 bits per heavy atom. The highest BCUT2D eigenvalue weighted by Crippen LogP contribution is 2.50. The summed E-state index contributed by atoms with van der Waals surface area (Å²) in [6, 6.07) is 48.4. The quantitative estimate of drug-likeness (QED) is 0.204. The van der Waals surface area contributed by atoms with Crippen molar-refractivity contribution in [2.24, 2.45) is 0 Å². The zero-order chi connectivity index (χ0) is 28.4. The minimum atomic E-state index is -0.0744. The zero-order valence-corrected chi connectivity index (χ0v) is 23.6. The average Bonchev–Trinajstić information content (AvgIpc) is 3.49. The van der Waals surface area contributed by atoms with Gasteiger partial charge in [0.2, 0.25) is 0 Å². The van der Waals surface area contributed by atoms with Crippen LogP contribution in [0.25, 0.3) is 49.7 Å². The Morgan fingerprint density at radius 2 is 1.21 bits per heavy atom. The molecule has 6 aromatic carbocycles. The van der Waals surface area contributed by atoms with Gasteiger partial charge in [-0.25, -0.2) is 0 Å². The van der Waals surface area contributed by atoms with E-state index >= 15 is 0 Å². The topological polar surface area (TPSA) is 22.0 Å². The number of aromatic nitrogens is 1. The number of hydrogen-bond acceptors (Lipinski definition) is 1. The van der Waals surface area contributed by atoms with Gasteiger partial charge in [-0.15, -0.1) is 0 Å². The van der Waals surface area contributed by atoms with E-state index in [2.05, 4.69) is 109 Å². The van der Waals surface area contributed by atoms with Crippen molar-refractivity contribution in [3.8, 4) is 27.9 Å². The maximum absolute atomic E-state index is 13.2. The summed E-state index contributed by atoms with van der Waals surface area (Å²) >= 11 is 0. The molecule has 0 unspecified atom stereocenters. The molecule has 0 atom stereocenters. The van der Waals surface area contributed by atoms with Gasteiger partial charge in [0.05, 0.1) is 11.0 Å². The Labute approximate surface area is 245 Å². The molecular formula is C40H29NO. The summed E-state index contributed by atoms with van der Waals surface area (Å²) in [5.41, 5.74) is 12.3. The molecule has 1 aliphatic carbocycles. The molecule has 7 aromatic rings. The smallest absolute Gasteiger partial charge is 0.193 e. The van der Waals surface area contributed by atoms with Crippen LogP contribution in [0.5, 0.6) is 0 Å². The van der Waals surface area contributed by atoms with E-state index in [0.717, 1.165) is 16.8 Å². The highest BCUT2D eigenvalue weighted by atomic mass is 16.1. The standard InChI is InChI=1S/C40H29NO/c1-40(2)35-20-8-6-18-31(35)33-24-34-32-19-7-9-21-37(32)41(38(34)25-36(33)40)30-17-11-15-28(23-30)27-14-10-16-29(22-27)39(42)26-12-4-3-5-13-26/h3-25H,1-2H3. The van der Waals surface area contributed by atoms with Crippen LogP contribution in [0.15, 0.2) is 140 Å². The number of carbonyl (C=O) groups is 1. The molecule has 200 valence electrons. The van der Waals surface area contributed by atoms with Gasteiger partial charge in [-0.3, -0.25) is 4.79 Å². The maximum atomic E-state index is 13.2. The highest BCUT2D eigenvalue weighted by Gasteiger charge is 2.36. The van der Waals surface area contributed by atoms with Crippen molar-refractivity contribution in [2.45, 2.75) is 19.3 Å². The van der Waals surface area contributed by atoms with Crippen molar-refractivity contribution < 1.29 is 4.79 Å². The van der Waals surface area contributed by atoms with Crippen LogP contribution in [0.3, 0.4) is 0 Å². The SMILES string of the molecule is CC1(C)c2ccccc2-c2cc3c4ccccc4n(-c4cccc(-c5cccc(C(=O)c6ccccc6)c5)c4)c3cc21. The average molecular weight is 540 g/mol. The first-order chi connectivity index (χ1) is 20.5. The first-order valence-corrected chi connectivity index (χ1v) is 14.5. The lowest BCUT2D eigenvalue weighted by Crippen LogP contribution is -2.14. The van der Waals surface area contributed by atoms with E-state index in [1.807, 2.05) is 48.5 Å². The van der Waals surface area contributed by atoms with Crippen molar-refractivity contribution in [3.63, 3.8) is 0 Å². The summed E-state index contributed by atoms with van der Waals surface area (Å²) in [6.07, 6.45) is 0. The summed E-state index contributed by atoms with van der Waals surface area (Å²) in [4.78, 5) is 13.2. The van der Waals surface area contributed by atoms with Crippen LogP contribution >= 0.6 is 0 Å². The first-order valence-electron chi connectivity index (χ1n) is 14.5. The van der Waals surface area contributed by atoms with Crippen molar-refractivity contribution >= 4 is 27.6 Å². The molecule has 0 amide bonds. The lowest BCUT2D eigenvalue weighted by Gasteiger charge is -2.21. The number of rotatable bonds is 4. The van der Waals surface area contributed by atoms with Crippen LogP contribution in [0, 0.1) is 0 Å². The monoisotopic (exact) mass is 539 g/mol. The van der Waals surface area contributed by atoms with Crippen molar-refractivity contribution in [2.75, 3.05) is 0 Å². The molecule has 1 aromatic heterocycles. The highest BCUT2D eigenvalue weighted by molar-refractivity contribution is 6.12. The molecular weight excluding hydrogens is 510 g/mol. The second-order valence-electron chi connectivity index (χ2n) is 11.8. The van der Waals surface area contributed by atoms with Gasteiger partial charge >= 0.3 is 0 Å². The Kier molecular flexibility index (Phi) is 5.36. The molecule has 0 spiro atoms. The van der Waals surface area contributed by atoms with Gasteiger partial charge in [-0.05, 0) is 69.8 Å². The summed E-state index contributed by atoms with van der Waals surface area (Å²) in [6.45, 7) is 4.67. The molecule has 2 heteroatoms. The van der Waals surface area contributed by atoms with E-state index in [0.29, 0.717) is 11.1 Å². The van der Waals surface area contributed by atoms with Gasteiger partial charge in [0.25, 0.3) is 0 Å². The summed E-state index contributed by atoms with van der Waals surface area (Å²) < 4.78 is 2.40. The number of fused-ring (bicyclic) bond motifs is 6. The third-order valence-electron chi connectivity index (χ3n) is 8.97. The lowest BCUT2D eigenvalue weighted by atomic mass is 9.82. The molecule has 42 heavy (non-hydrogen) atoms. The molecule has 1 aliphatic rings. The molecule has 0 bridgehead atoms. The molecule has 0 N–H and O–H groups in total. The molecule has 0 saturated heterocycles. The minimum Gasteiger partial charge on any atom is -0.309 e. The van der Waals surface area contributed by atoms with Crippen LogP contribution in [-0.2, 0) is 5.41 Å². The molecule has 0 radical (unpaired) electrons. The Hall–Kier alpha value is -5.21. The Morgan fingerprint density at radius 1 is 0.524 bits per heavy atom. The van der Waals surface area contributed by atoms with Crippen molar-refractivity contribution in [3.05, 3.63) is 162 Å². The van der Waals surface area contributed by atoms with E-state index in [1.165, 1.54) is 44.1 Å². The predicted molar refractivity (Wildman–Crippen MR) is 174 cm³/mol. The van der Waals surface area contributed by atoms with Gasteiger partial charge in [0.1, 0.15) is 0 Å². The lowest BCUT2D eigenvalue weighted by molar-refractivity contribution is 0.103. The largest absolute Gasteiger partial charge is 0.309 e. The number of nitrogens with zero attached hydrogens (tertiary/aromatic N) is 1. The van der Waals surface area contributed by atoms with Crippen molar-refractivity contribution in [1.82, 2.24) is 4.57 Å². The maximum Gasteiger partial charge on any atom is 0.193 e. The fourth-order valence-corrected chi connectivity index (χ4v) is 6.86. The summed E-state index contributed by atoms with van der Waals surface area (Å²) in [5, 5.41) is 2.51. The van der Waals surface area contributed by atoms with Crippen LogP contribution in [0.2, 0.25) is 0 Å². The van der Waals surface area contributed by atoms with E-state index in [-0.39, 0.29) is 11.2 Å². The second kappa shape index (κ2) is 9.15. The van der Waals surface area contributed by atoms with Gasteiger partial charge in [-0.2, -0.15) is 0 Å². The fourth-order valence-electron chi connectivity index (χ4n) is 6.86. The summed E-state index contributed by atoms with van der Waals surface area (Å²) in [7, 11) is 0. The Bertz CT molecular complexity index is 2180. The third-order valence-corrected chi connectivity index (χ3v) is 8.97. The summed E-state index contributed by atoms with van der Waals surface area (Å²) in [5.74, 6) is 0.0356. The van der Waals surface area contributed by atoms with Gasteiger partial charge < -0.3 is 4.57 Å². The minimum absolute atomic E-state index is 0.0356. The number of ketones is 1. The van der Waals surface area contributed by atoms with Crippen LogP contribution in [-0.4, -0.2) is 10.4 Å². The van der Waals surface area contributed by atoms with Crippen LogP contribution in [0.4, 0.5) is 0 Å². The van der Waals surface area contributed by atoms with E-state index in [4.69, 9.17) is 0 Å². The first kappa shape index (κ1) is 24.6. The van der Waals surface area contributed by atoms with Crippen LogP contribution in [0.1, 0.15) is 40.9 Å². The third kappa shape index (κ3) is 3.62. The molecule has 0 aliphatic heterocycles. The van der Waals surface area contributed by atoms with Crippen molar-refractivity contribution in [1.29, 1.82) is 0 Å². The predicted octanol–water partition coefficient (Wildman–Crippen LogP) is 9.99. The van der Waals surface area contributed by atoms with E-state index in [9.17, 15) is 4.79 Å². The number of para-hydroxylation sites is 1. The number of carbonyl (C=O) groups excluding carboxylic acids is 1. The normalized spacial score (nSPS) is 13.3.